The fraction of sp³-hybridized carbons (Fsp3) is 1.00. The van der Waals surface area contributed by atoms with E-state index in [9.17, 15) is 0 Å². The van der Waals surface area contributed by atoms with Crippen LogP contribution in [0.25, 0.3) is 0 Å². The van der Waals surface area contributed by atoms with Crippen molar-refractivity contribution < 1.29 is 0 Å². The van der Waals surface area contributed by atoms with Gasteiger partial charge in [0.2, 0.25) is 0 Å². The van der Waals surface area contributed by atoms with Gasteiger partial charge < -0.3 is 5.32 Å². The molecule has 1 aliphatic rings. The lowest BCUT2D eigenvalue weighted by molar-refractivity contribution is 0.177. The molecule has 0 aromatic heterocycles. The van der Waals surface area contributed by atoms with Gasteiger partial charge in [-0.05, 0) is 42.4 Å². The predicted molar refractivity (Wildman–Crippen MR) is 72.7 cm³/mol. The van der Waals surface area contributed by atoms with Gasteiger partial charge in [0.15, 0.2) is 0 Å². The van der Waals surface area contributed by atoms with Crippen molar-refractivity contribution in [3.05, 3.63) is 0 Å². The first-order valence-corrected chi connectivity index (χ1v) is 6.96. The molecule has 0 aromatic carbocycles. The van der Waals surface area contributed by atoms with Crippen LogP contribution < -0.4 is 5.32 Å². The average molecular weight is 225 g/mol. The normalized spacial score (nSPS) is 22.7. The Morgan fingerprint density at radius 3 is 2.12 bits per heavy atom. The molecule has 1 saturated carbocycles. The van der Waals surface area contributed by atoms with Gasteiger partial charge in [-0.2, -0.15) is 0 Å². The molecule has 16 heavy (non-hydrogen) atoms. The van der Waals surface area contributed by atoms with E-state index in [1.807, 2.05) is 0 Å². The summed E-state index contributed by atoms with van der Waals surface area (Å²) in [5, 5.41) is 3.78. The molecule has 1 fully saturated rings. The van der Waals surface area contributed by atoms with Gasteiger partial charge in [-0.15, -0.1) is 0 Å². The first-order chi connectivity index (χ1) is 7.23. The predicted octanol–water partition coefficient (Wildman–Crippen LogP) is 4.23. The summed E-state index contributed by atoms with van der Waals surface area (Å²) in [5.41, 5.74) is 1.01. The first kappa shape index (κ1) is 14.0. The van der Waals surface area contributed by atoms with Crippen LogP contribution in [0, 0.1) is 16.7 Å². The Bertz CT molecular complexity index is 205. The largest absolute Gasteiger partial charge is 0.313 e. The maximum absolute atomic E-state index is 3.78. The zero-order valence-electron chi connectivity index (χ0n) is 12.2. The highest BCUT2D eigenvalue weighted by atomic mass is 14.9. The van der Waals surface area contributed by atoms with E-state index in [2.05, 4.69) is 46.9 Å². The third-order valence-electron chi connectivity index (χ3n) is 4.75. The van der Waals surface area contributed by atoms with Crippen LogP contribution in [0.5, 0.6) is 0 Å². The topological polar surface area (TPSA) is 12.0 Å². The van der Waals surface area contributed by atoms with Crippen molar-refractivity contribution in [3.63, 3.8) is 0 Å². The van der Waals surface area contributed by atoms with Gasteiger partial charge in [-0.3, -0.25) is 0 Å². The minimum atomic E-state index is 0.424. The summed E-state index contributed by atoms with van der Waals surface area (Å²) < 4.78 is 0. The number of nitrogens with one attached hydrogen (secondary N) is 1. The maximum atomic E-state index is 3.78. The van der Waals surface area contributed by atoms with E-state index < -0.39 is 0 Å². The highest BCUT2D eigenvalue weighted by molar-refractivity contribution is 4.84. The minimum absolute atomic E-state index is 0.424. The summed E-state index contributed by atoms with van der Waals surface area (Å²) in [6.45, 7) is 15.4. The fourth-order valence-electron chi connectivity index (χ4n) is 2.21. The van der Waals surface area contributed by atoms with Crippen LogP contribution in [-0.2, 0) is 0 Å². The zero-order valence-corrected chi connectivity index (χ0v) is 12.2. The van der Waals surface area contributed by atoms with E-state index in [4.69, 9.17) is 0 Å². The molecular formula is C15H31N. The second-order valence-electron chi connectivity index (χ2n) is 7.46. The van der Waals surface area contributed by atoms with Gasteiger partial charge in [0, 0.05) is 12.6 Å². The molecule has 0 saturated heterocycles. The zero-order chi connectivity index (χ0) is 12.4. The van der Waals surface area contributed by atoms with Crippen LogP contribution in [0.15, 0.2) is 0 Å². The molecule has 1 N–H and O–H groups in total. The second-order valence-corrected chi connectivity index (χ2v) is 7.46. The van der Waals surface area contributed by atoms with Crippen LogP contribution >= 0.6 is 0 Å². The molecule has 0 radical (unpaired) electrons. The summed E-state index contributed by atoms with van der Waals surface area (Å²) in [4.78, 5) is 0. The highest BCUT2D eigenvalue weighted by Gasteiger charge is 2.28. The number of rotatable bonds is 4. The van der Waals surface area contributed by atoms with Gasteiger partial charge in [0.25, 0.3) is 0 Å². The lowest BCUT2D eigenvalue weighted by Crippen LogP contribution is -2.42. The standard InChI is InChI=1S/C15H31N/c1-12(2)15(5,6)11-16-13-7-9-14(3,4)10-8-13/h12-13,16H,7-11H2,1-6H3. The van der Waals surface area contributed by atoms with Crippen molar-refractivity contribution >= 4 is 0 Å². The van der Waals surface area contributed by atoms with E-state index in [-0.39, 0.29) is 0 Å². The van der Waals surface area contributed by atoms with Gasteiger partial charge >= 0.3 is 0 Å². The van der Waals surface area contributed by atoms with Crippen molar-refractivity contribution in [2.45, 2.75) is 73.3 Å². The summed E-state index contributed by atoms with van der Waals surface area (Å²) in [5.74, 6) is 0.750. The van der Waals surface area contributed by atoms with E-state index in [1.54, 1.807) is 0 Å². The molecule has 0 unspecified atom stereocenters. The van der Waals surface area contributed by atoms with Crippen molar-refractivity contribution in [2.24, 2.45) is 16.7 Å². The van der Waals surface area contributed by atoms with E-state index in [0.29, 0.717) is 10.8 Å². The third-order valence-corrected chi connectivity index (χ3v) is 4.75. The van der Waals surface area contributed by atoms with Crippen molar-refractivity contribution in [2.75, 3.05) is 6.54 Å². The molecule has 0 spiro atoms. The lowest BCUT2D eigenvalue weighted by Gasteiger charge is -2.37. The van der Waals surface area contributed by atoms with E-state index >= 15 is 0 Å². The molecule has 0 heterocycles. The number of hydrogen-bond acceptors (Lipinski definition) is 1. The molecule has 0 amide bonds. The average Bonchev–Trinajstić information content (AvgIpc) is 2.16. The quantitative estimate of drug-likeness (QED) is 0.755. The fourth-order valence-corrected chi connectivity index (χ4v) is 2.21. The lowest BCUT2D eigenvalue weighted by atomic mass is 9.75. The smallest absolute Gasteiger partial charge is 0.00676 e. The Morgan fingerprint density at radius 1 is 1.19 bits per heavy atom. The summed E-state index contributed by atoms with van der Waals surface area (Å²) in [6, 6.07) is 0.769. The van der Waals surface area contributed by atoms with E-state index in [1.165, 1.54) is 25.7 Å². The molecule has 1 heteroatoms. The minimum Gasteiger partial charge on any atom is -0.313 e. The molecule has 1 nitrogen and oxygen atoms in total. The molecule has 0 atom stereocenters. The first-order valence-electron chi connectivity index (χ1n) is 6.96. The van der Waals surface area contributed by atoms with Crippen LogP contribution in [-0.4, -0.2) is 12.6 Å². The summed E-state index contributed by atoms with van der Waals surface area (Å²) in [7, 11) is 0. The van der Waals surface area contributed by atoms with Gasteiger partial charge in [-0.25, -0.2) is 0 Å². The number of hydrogen-bond donors (Lipinski definition) is 1. The Balaban J connectivity index is 2.30. The highest BCUT2D eigenvalue weighted by Crippen LogP contribution is 2.35. The molecule has 1 aliphatic carbocycles. The van der Waals surface area contributed by atoms with Crippen molar-refractivity contribution in [1.29, 1.82) is 0 Å². The van der Waals surface area contributed by atoms with Gasteiger partial charge in [0.05, 0.1) is 0 Å². The van der Waals surface area contributed by atoms with Crippen LogP contribution in [0.4, 0.5) is 0 Å². The Hall–Kier alpha value is -0.0400. The van der Waals surface area contributed by atoms with Crippen LogP contribution in [0.3, 0.4) is 0 Å². The summed E-state index contributed by atoms with van der Waals surface area (Å²) >= 11 is 0. The SMILES string of the molecule is CC(C)C(C)(C)CNC1CCC(C)(C)CC1. The Morgan fingerprint density at radius 2 is 1.69 bits per heavy atom. The van der Waals surface area contributed by atoms with Crippen molar-refractivity contribution in [1.82, 2.24) is 5.32 Å². The van der Waals surface area contributed by atoms with Gasteiger partial charge in [0.1, 0.15) is 0 Å². The Labute approximate surface area is 102 Å². The molecule has 1 rings (SSSR count). The van der Waals surface area contributed by atoms with E-state index in [0.717, 1.165) is 18.5 Å². The molecular weight excluding hydrogens is 194 g/mol. The molecule has 96 valence electrons. The van der Waals surface area contributed by atoms with Crippen LogP contribution in [0.2, 0.25) is 0 Å². The van der Waals surface area contributed by atoms with Gasteiger partial charge in [-0.1, -0.05) is 41.5 Å². The molecule has 0 aliphatic heterocycles. The monoisotopic (exact) mass is 225 g/mol. The third kappa shape index (κ3) is 4.08. The Kier molecular flexibility index (Phi) is 4.45. The maximum Gasteiger partial charge on any atom is 0.00676 e. The second kappa shape index (κ2) is 5.08. The summed E-state index contributed by atoms with van der Waals surface area (Å²) in [6.07, 6.45) is 5.49. The van der Waals surface area contributed by atoms with Crippen molar-refractivity contribution in [3.8, 4) is 0 Å². The van der Waals surface area contributed by atoms with Crippen LogP contribution in [0.1, 0.15) is 67.2 Å². The molecule has 0 bridgehead atoms. The molecule has 0 aromatic rings.